The first-order valence-corrected chi connectivity index (χ1v) is 11.1. The van der Waals surface area contributed by atoms with Crippen LogP contribution in [0.2, 0.25) is 0 Å². The Morgan fingerprint density at radius 2 is 2.09 bits per heavy atom. The first kappa shape index (κ1) is 22.2. The number of rotatable bonds is 7. The van der Waals surface area contributed by atoms with Crippen LogP contribution in [0.5, 0.6) is 0 Å². The van der Waals surface area contributed by atoms with Crippen LogP contribution in [0.15, 0.2) is 67.1 Å². The summed E-state index contributed by atoms with van der Waals surface area (Å²) in [4.78, 5) is 12.6. The molecule has 5 nitrogen and oxygen atoms in total. The molecule has 1 aliphatic carbocycles. The lowest BCUT2D eigenvalue weighted by Gasteiger charge is -2.04. The maximum absolute atomic E-state index is 4.87. The van der Waals surface area contributed by atoms with E-state index in [2.05, 4.69) is 77.5 Å². The number of aryl methyl sites for hydroxylation is 2. The molecule has 3 heterocycles. The molecule has 0 aliphatic heterocycles. The summed E-state index contributed by atoms with van der Waals surface area (Å²) >= 11 is 0. The van der Waals surface area contributed by atoms with Crippen LogP contribution in [0.25, 0.3) is 35.3 Å². The summed E-state index contributed by atoms with van der Waals surface area (Å²) in [6.45, 7) is 14.4. The summed E-state index contributed by atoms with van der Waals surface area (Å²) in [5, 5.41) is 9.25. The number of allylic oxidation sites excluding steroid dienone is 9. The van der Waals surface area contributed by atoms with Gasteiger partial charge in [0, 0.05) is 28.9 Å². The Morgan fingerprint density at radius 1 is 1.24 bits per heavy atom. The normalized spacial score (nSPS) is 14.8. The van der Waals surface area contributed by atoms with Gasteiger partial charge in [-0.3, -0.25) is 10.1 Å². The van der Waals surface area contributed by atoms with Crippen molar-refractivity contribution in [3.8, 4) is 11.5 Å². The van der Waals surface area contributed by atoms with Gasteiger partial charge in [0.15, 0.2) is 5.82 Å². The van der Waals surface area contributed by atoms with E-state index in [1.807, 2.05) is 31.5 Å². The van der Waals surface area contributed by atoms with Crippen LogP contribution in [0.1, 0.15) is 42.8 Å². The molecule has 0 saturated heterocycles. The Kier molecular flexibility index (Phi) is 6.50. The molecular formula is C28H29N5. The number of nitrogens with zero attached hydrogens (tertiary/aromatic N) is 3. The lowest BCUT2D eigenvalue weighted by Crippen LogP contribution is -2.21. The summed E-state index contributed by atoms with van der Waals surface area (Å²) < 4.78 is 0. The van der Waals surface area contributed by atoms with Gasteiger partial charge in [-0.15, -0.1) is 0 Å². The predicted octanol–water partition coefficient (Wildman–Crippen LogP) is 4.82. The molecule has 0 unspecified atom stereocenters. The molecule has 3 aromatic rings. The van der Waals surface area contributed by atoms with Crippen LogP contribution in [0.3, 0.4) is 0 Å². The van der Waals surface area contributed by atoms with Gasteiger partial charge in [-0.2, -0.15) is 5.10 Å². The van der Waals surface area contributed by atoms with E-state index in [0.717, 1.165) is 57.1 Å². The fraction of sp³-hybridized carbons (Fsp3) is 0.179. The number of pyridine rings is 1. The average molecular weight is 436 g/mol. The van der Waals surface area contributed by atoms with Crippen molar-refractivity contribution in [2.75, 3.05) is 0 Å². The Balaban J connectivity index is 1.68. The van der Waals surface area contributed by atoms with Crippen LogP contribution in [-0.2, 0) is 6.42 Å². The van der Waals surface area contributed by atoms with E-state index in [4.69, 9.17) is 4.98 Å². The summed E-state index contributed by atoms with van der Waals surface area (Å²) in [7, 11) is 0. The van der Waals surface area contributed by atoms with Gasteiger partial charge in [0.1, 0.15) is 5.69 Å². The Hall–Kier alpha value is -3.99. The lowest BCUT2D eigenvalue weighted by atomic mass is 10.0. The number of imidazole rings is 1. The molecule has 4 rings (SSSR count). The van der Waals surface area contributed by atoms with Gasteiger partial charge < -0.3 is 4.98 Å². The molecule has 5 heteroatoms. The Bertz CT molecular complexity index is 1420. The van der Waals surface area contributed by atoms with E-state index in [1.165, 1.54) is 5.56 Å². The minimum Gasteiger partial charge on any atom is -0.340 e. The van der Waals surface area contributed by atoms with E-state index >= 15 is 0 Å². The number of aromatic amines is 2. The van der Waals surface area contributed by atoms with Gasteiger partial charge in [0.2, 0.25) is 0 Å². The van der Waals surface area contributed by atoms with E-state index in [-0.39, 0.29) is 0 Å². The quantitative estimate of drug-likeness (QED) is 0.523. The van der Waals surface area contributed by atoms with Gasteiger partial charge >= 0.3 is 0 Å². The molecule has 166 valence electrons. The first-order valence-electron chi connectivity index (χ1n) is 11.1. The second kappa shape index (κ2) is 9.65. The molecule has 0 bridgehead atoms. The number of nitrogens with one attached hydrogen (secondary N) is 2. The standard InChI is InChI=1S/C28H29N5/c1-6-10-24(22-11-8-9-12-22)27-20(5)30-28(31-27)26-19(4)25(32-33-26)14-13-18(3)23-15-21(7-2)16-29-17-23/h6,8,10-17,32H,1,4,7,9H2,2-3,5H3,(H,30,31)/b18-13+,24-10-,25-14+. The smallest absolute Gasteiger partial charge is 0.159 e. The number of hydrogen-bond acceptors (Lipinski definition) is 3. The highest BCUT2D eigenvalue weighted by Crippen LogP contribution is 2.29. The van der Waals surface area contributed by atoms with E-state index in [1.54, 1.807) is 6.08 Å². The minimum atomic E-state index is 0.696. The summed E-state index contributed by atoms with van der Waals surface area (Å²) in [6.07, 6.45) is 20.0. The van der Waals surface area contributed by atoms with Crippen LogP contribution in [-0.4, -0.2) is 25.1 Å². The van der Waals surface area contributed by atoms with E-state index in [0.29, 0.717) is 11.5 Å². The van der Waals surface area contributed by atoms with Gasteiger partial charge in [-0.05, 0) is 61.1 Å². The molecule has 0 amide bonds. The zero-order chi connectivity index (χ0) is 23.4. The predicted molar refractivity (Wildman–Crippen MR) is 137 cm³/mol. The summed E-state index contributed by atoms with van der Waals surface area (Å²) in [5.41, 5.74) is 8.25. The number of hydrogen-bond donors (Lipinski definition) is 2. The Morgan fingerprint density at radius 3 is 2.82 bits per heavy atom. The molecule has 33 heavy (non-hydrogen) atoms. The van der Waals surface area contributed by atoms with Crippen molar-refractivity contribution in [2.45, 2.75) is 33.6 Å². The maximum atomic E-state index is 4.87. The summed E-state index contributed by atoms with van der Waals surface area (Å²) in [5.74, 6) is 0.696. The number of aromatic nitrogens is 5. The maximum Gasteiger partial charge on any atom is 0.159 e. The van der Waals surface area contributed by atoms with Crippen molar-refractivity contribution in [2.24, 2.45) is 0 Å². The van der Waals surface area contributed by atoms with E-state index in [9.17, 15) is 0 Å². The van der Waals surface area contributed by atoms with Crippen LogP contribution in [0, 0.1) is 6.92 Å². The topological polar surface area (TPSA) is 70.2 Å². The largest absolute Gasteiger partial charge is 0.340 e. The third-order valence-corrected chi connectivity index (χ3v) is 5.79. The van der Waals surface area contributed by atoms with Crippen molar-refractivity contribution in [3.63, 3.8) is 0 Å². The van der Waals surface area contributed by atoms with Gasteiger partial charge in [-0.25, -0.2) is 4.98 Å². The lowest BCUT2D eigenvalue weighted by molar-refractivity contribution is 1.05. The molecule has 0 saturated carbocycles. The molecular weight excluding hydrogens is 406 g/mol. The highest BCUT2D eigenvalue weighted by atomic mass is 15.1. The van der Waals surface area contributed by atoms with E-state index < -0.39 is 0 Å². The highest BCUT2D eigenvalue weighted by Gasteiger charge is 2.17. The van der Waals surface area contributed by atoms with Gasteiger partial charge in [0.05, 0.1) is 11.0 Å². The van der Waals surface area contributed by atoms with Crippen molar-refractivity contribution in [3.05, 3.63) is 100 Å². The van der Waals surface area contributed by atoms with Crippen LogP contribution < -0.4 is 10.6 Å². The van der Waals surface area contributed by atoms with Crippen LogP contribution >= 0.6 is 0 Å². The zero-order valence-corrected chi connectivity index (χ0v) is 19.4. The molecule has 0 fully saturated rings. The second-order valence-electron chi connectivity index (χ2n) is 8.09. The molecule has 2 N–H and O–H groups in total. The van der Waals surface area contributed by atoms with Crippen molar-refractivity contribution in [1.82, 2.24) is 25.1 Å². The highest BCUT2D eigenvalue weighted by molar-refractivity contribution is 5.83. The third-order valence-electron chi connectivity index (χ3n) is 5.79. The van der Waals surface area contributed by atoms with Crippen molar-refractivity contribution >= 4 is 23.8 Å². The van der Waals surface area contributed by atoms with Gasteiger partial charge in [-0.1, -0.05) is 56.5 Å². The minimum absolute atomic E-state index is 0.696. The fourth-order valence-corrected chi connectivity index (χ4v) is 3.84. The third kappa shape index (κ3) is 4.62. The monoisotopic (exact) mass is 435 g/mol. The van der Waals surface area contributed by atoms with Crippen molar-refractivity contribution < 1.29 is 0 Å². The fourth-order valence-electron chi connectivity index (χ4n) is 3.84. The molecule has 0 aromatic carbocycles. The molecule has 1 aliphatic rings. The van der Waals surface area contributed by atoms with Crippen molar-refractivity contribution in [1.29, 1.82) is 0 Å². The van der Waals surface area contributed by atoms with Gasteiger partial charge in [0.25, 0.3) is 0 Å². The average Bonchev–Trinajstić information content (AvgIpc) is 3.57. The second-order valence-corrected chi connectivity index (χ2v) is 8.09. The zero-order valence-electron chi connectivity index (χ0n) is 19.4. The Labute approximate surface area is 194 Å². The number of H-pyrrole nitrogens is 2. The SMILES string of the molecule is C=C/C=C(/C1=CCC=C1)c1nc(-c2n[nH]/c(=C/C=C(\C)c3cncc(CC)c3)c2=C)[nH]c1C. The first-order chi connectivity index (χ1) is 16.0. The van der Waals surface area contributed by atoms with Crippen LogP contribution in [0.4, 0.5) is 0 Å². The molecule has 0 atom stereocenters. The molecule has 0 spiro atoms. The summed E-state index contributed by atoms with van der Waals surface area (Å²) in [6, 6.07) is 2.17. The molecule has 0 radical (unpaired) electrons. The molecule has 3 aromatic heterocycles.